The summed E-state index contributed by atoms with van der Waals surface area (Å²) in [5.41, 5.74) is 2.31. The van der Waals surface area contributed by atoms with Crippen LogP contribution >= 0.6 is 22.6 Å². The van der Waals surface area contributed by atoms with E-state index in [0.717, 1.165) is 41.3 Å². The number of nitrogens with one attached hydrogen (secondary N) is 1. The standard InChI is InChI=1S/C25H31IN4O3/c1-17-16-30(13-14-33-17)23-21(32-2)5-6-22(27-23)28-24(31)19-4-3-18(26)15-20(19)29-11-9-25(7-8-25)10-12-29/h3-6,15,17H,7-14,16H2,1-2H3,(H,27,28,31)/t17-/m1/s1. The number of benzene rings is 1. The average Bonchev–Trinajstić information content (AvgIpc) is 3.58. The van der Waals surface area contributed by atoms with Gasteiger partial charge in [-0.25, -0.2) is 4.98 Å². The van der Waals surface area contributed by atoms with Gasteiger partial charge in [0, 0.05) is 29.7 Å². The van der Waals surface area contributed by atoms with Crippen molar-refractivity contribution in [1.82, 2.24) is 4.98 Å². The summed E-state index contributed by atoms with van der Waals surface area (Å²) in [5.74, 6) is 1.82. The first-order valence-electron chi connectivity index (χ1n) is 11.7. The lowest BCUT2D eigenvalue weighted by molar-refractivity contribution is 0.0528. The summed E-state index contributed by atoms with van der Waals surface area (Å²) in [7, 11) is 1.64. The Bertz CT molecular complexity index is 1030. The highest BCUT2D eigenvalue weighted by atomic mass is 127. The molecule has 0 bridgehead atoms. The molecule has 0 unspecified atom stereocenters. The molecule has 0 radical (unpaired) electrons. The van der Waals surface area contributed by atoms with E-state index in [1.54, 1.807) is 13.2 Å². The third-order valence-electron chi connectivity index (χ3n) is 7.17. The van der Waals surface area contributed by atoms with E-state index < -0.39 is 0 Å². The largest absolute Gasteiger partial charge is 0.493 e. The molecule has 3 heterocycles. The molecule has 2 saturated heterocycles. The topological polar surface area (TPSA) is 66.9 Å². The lowest BCUT2D eigenvalue weighted by Gasteiger charge is -2.35. The molecule has 1 N–H and O–H groups in total. The van der Waals surface area contributed by atoms with E-state index in [2.05, 4.69) is 43.8 Å². The number of ether oxygens (including phenoxy) is 2. The normalized spacial score (nSPS) is 21.7. The van der Waals surface area contributed by atoms with E-state index in [1.165, 1.54) is 25.7 Å². The number of piperidine rings is 1. The zero-order valence-corrected chi connectivity index (χ0v) is 21.4. The summed E-state index contributed by atoms with van der Waals surface area (Å²) in [4.78, 5) is 22.7. The number of carbonyl (C=O) groups is 1. The number of amides is 1. The van der Waals surface area contributed by atoms with E-state index in [-0.39, 0.29) is 12.0 Å². The number of hydrogen-bond donors (Lipinski definition) is 1. The monoisotopic (exact) mass is 562 g/mol. The maximum atomic E-state index is 13.4. The molecular weight excluding hydrogens is 531 g/mol. The van der Waals surface area contributed by atoms with Crippen molar-refractivity contribution in [3.63, 3.8) is 0 Å². The quantitative estimate of drug-likeness (QED) is 0.540. The smallest absolute Gasteiger partial charge is 0.258 e. The summed E-state index contributed by atoms with van der Waals surface area (Å²) in [6.07, 6.45) is 5.31. The highest BCUT2D eigenvalue weighted by molar-refractivity contribution is 14.1. The number of anilines is 3. The molecule has 1 spiro atoms. The van der Waals surface area contributed by atoms with Gasteiger partial charge in [0.25, 0.3) is 5.91 Å². The Morgan fingerprint density at radius 3 is 2.64 bits per heavy atom. The molecular formula is C25H31IN4O3. The van der Waals surface area contributed by atoms with Gasteiger partial charge in [-0.1, -0.05) is 0 Å². The first-order valence-corrected chi connectivity index (χ1v) is 12.8. The number of halogens is 1. The van der Waals surface area contributed by atoms with E-state index in [0.29, 0.717) is 29.2 Å². The lowest BCUT2D eigenvalue weighted by Crippen LogP contribution is -2.41. The molecule has 1 saturated carbocycles. The van der Waals surface area contributed by atoms with Crippen LogP contribution in [0.25, 0.3) is 0 Å². The number of rotatable bonds is 5. The minimum absolute atomic E-state index is 0.122. The minimum atomic E-state index is -0.132. The van der Waals surface area contributed by atoms with Crippen molar-refractivity contribution in [1.29, 1.82) is 0 Å². The first-order chi connectivity index (χ1) is 16.0. The van der Waals surface area contributed by atoms with Crippen LogP contribution in [0.15, 0.2) is 30.3 Å². The number of methoxy groups -OCH3 is 1. The summed E-state index contributed by atoms with van der Waals surface area (Å²) in [5, 5.41) is 3.04. The van der Waals surface area contributed by atoms with E-state index in [4.69, 9.17) is 14.5 Å². The Hall–Kier alpha value is -2.07. The highest BCUT2D eigenvalue weighted by Gasteiger charge is 2.44. The van der Waals surface area contributed by atoms with Crippen molar-refractivity contribution < 1.29 is 14.3 Å². The summed E-state index contributed by atoms with van der Waals surface area (Å²) >= 11 is 2.32. The number of aromatic nitrogens is 1. The van der Waals surface area contributed by atoms with Gasteiger partial charge in [-0.2, -0.15) is 0 Å². The first kappa shape index (κ1) is 22.7. The Labute approximate surface area is 209 Å². The van der Waals surface area contributed by atoms with Crippen LogP contribution in [0.1, 0.15) is 43.0 Å². The van der Waals surface area contributed by atoms with Gasteiger partial charge in [0.15, 0.2) is 11.6 Å². The van der Waals surface area contributed by atoms with Crippen molar-refractivity contribution in [2.45, 2.75) is 38.7 Å². The summed E-state index contributed by atoms with van der Waals surface area (Å²) < 4.78 is 12.4. The van der Waals surface area contributed by atoms with Crippen molar-refractivity contribution in [3.05, 3.63) is 39.5 Å². The van der Waals surface area contributed by atoms with Crippen molar-refractivity contribution in [2.75, 3.05) is 55.0 Å². The summed E-state index contributed by atoms with van der Waals surface area (Å²) in [6.45, 7) is 6.20. The molecule has 1 amide bonds. The predicted octanol–water partition coefficient (Wildman–Crippen LogP) is 4.55. The average molecular weight is 562 g/mol. The van der Waals surface area contributed by atoms with Gasteiger partial charge >= 0.3 is 0 Å². The van der Waals surface area contributed by atoms with Gasteiger partial charge in [0.2, 0.25) is 0 Å². The third kappa shape index (κ3) is 4.91. The molecule has 2 aromatic rings. The van der Waals surface area contributed by atoms with Crippen LogP contribution < -0.4 is 19.9 Å². The SMILES string of the molecule is COc1ccc(NC(=O)c2ccc(I)cc2N2CCC3(CC2)CC3)nc1N1CCO[C@H](C)C1. The molecule has 8 heteroatoms. The molecule has 7 nitrogen and oxygen atoms in total. The second-order valence-electron chi connectivity index (χ2n) is 9.45. The fourth-order valence-electron chi connectivity index (χ4n) is 4.94. The van der Waals surface area contributed by atoms with E-state index >= 15 is 0 Å². The van der Waals surface area contributed by atoms with Gasteiger partial charge < -0.3 is 24.6 Å². The Morgan fingerprint density at radius 1 is 1.15 bits per heavy atom. The van der Waals surface area contributed by atoms with Gasteiger partial charge in [-0.3, -0.25) is 4.79 Å². The van der Waals surface area contributed by atoms with E-state index in [9.17, 15) is 4.79 Å². The molecule has 1 aromatic heterocycles. The minimum Gasteiger partial charge on any atom is -0.493 e. The molecule has 1 aliphatic carbocycles. The fraction of sp³-hybridized carbons (Fsp3) is 0.520. The van der Waals surface area contributed by atoms with Gasteiger partial charge in [-0.05, 0) is 90.9 Å². The van der Waals surface area contributed by atoms with Crippen LogP contribution in [0.2, 0.25) is 0 Å². The number of hydrogen-bond acceptors (Lipinski definition) is 6. The molecule has 33 heavy (non-hydrogen) atoms. The van der Waals surface area contributed by atoms with Crippen molar-refractivity contribution >= 4 is 45.8 Å². The second kappa shape index (κ2) is 9.29. The van der Waals surface area contributed by atoms with Crippen LogP contribution in [0, 0.1) is 8.99 Å². The van der Waals surface area contributed by atoms with Crippen molar-refractivity contribution in [2.24, 2.45) is 5.41 Å². The number of nitrogens with zero attached hydrogens (tertiary/aromatic N) is 3. The number of carbonyl (C=O) groups excluding carboxylic acids is 1. The molecule has 2 aliphatic heterocycles. The van der Waals surface area contributed by atoms with Crippen molar-refractivity contribution in [3.8, 4) is 5.75 Å². The summed E-state index contributed by atoms with van der Waals surface area (Å²) in [6, 6.07) is 9.72. The van der Waals surface area contributed by atoms with Crippen LogP contribution in [0.4, 0.5) is 17.3 Å². The van der Waals surface area contributed by atoms with E-state index in [1.807, 2.05) is 25.1 Å². The van der Waals surface area contributed by atoms with Crippen LogP contribution in [0.5, 0.6) is 5.75 Å². The third-order valence-corrected chi connectivity index (χ3v) is 7.84. The molecule has 1 aromatic carbocycles. The maximum Gasteiger partial charge on any atom is 0.258 e. The van der Waals surface area contributed by atoms with Gasteiger partial charge in [0.05, 0.1) is 31.1 Å². The molecule has 1 atom stereocenters. The fourth-order valence-corrected chi connectivity index (χ4v) is 5.42. The zero-order valence-electron chi connectivity index (χ0n) is 19.3. The van der Waals surface area contributed by atoms with Gasteiger partial charge in [-0.15, -0.1) is 0 Å². The Morgan fingerprint density at radius 2 is 1.94 bits per heavy atom. The molecule has 3 fully saturated rings. The Kier molecular flexibility index (Phi) is 6.39. The van der Waals surface area contributed by atoms with Crippen LogP contribution in [-0.4, -0.2) is 56.9 Å². The Balaban J connectivity index is 1.37. The lowest BCUT2D eigenvalue weighted by atomic mass is 9.93. The zero-order chi connectivity index (χ0) is 23.0. The molecule has 3 aliphatic rings. The molecule has 5 rings (SSSR count). The maximum absolute atomic E-state index is 13.4. The highest BCUT2D eigenvalue weighted by Crippen LogP contribution is 2.54. The van der Waals surface area contributed by atoms with Crippen LogP contribution in [0.3, 0.4) is 0 Å². The van der Waals surface area contributed by atoms with Crippen LogP contribution in [-0.2, 0) is 4.74 Å². The molecule has 176 valence electrons. The second-order valence-corrected chi connectivity index (χ2v) is 10.7. The number of morpholine rings is 1. The number of pyridine rings is 1. The van der Waals surface area contributed by atoms with Gasteiger partial charge in [0.1, 0.15) is 5.82 Å². The predicted molar refractivity (Wildman–Crippen MR) is 139 cm³/mol.